The molecule has 0 radical (unpaired) electrons. The van der Waals surface area contributed by atoms with Crippen LogP contribution in [-0.2, 0) is 13.4 Å². The molecule has 0 aliphatic carbocycles. The Balaban J connectivity index is 4.35. The second-order valence-electron chi connectivity index (χ2n) is 2.71. The number of rotatable bonds is 8. The predicted molar refractivity (Wildman–Crippen MR) is 57.6 cm³/mol. The summed E-state index contributed by atoms with van der Waals surface area (Å²) in [6.07, 6.45) is 2.75. The van der Waals surface area contributed by atoms with E-state index in [1.54, 1.807) is 12.2 Å². The first kappa shape index (κ1) is 14.6. The summed E-state index contributed by atoms with van der Waals surface area (Å²) in [7, 11) is -7.15. The Kier molecular flexibility index (Phi) is 6.85. The van der Waals surface area contributed by atoms with E-state index in [4.69, 9.17) is 4.89 Å². The smallest absolute Gasteiger partial charge is 0.321 e. The van der Waals surface area contributed by atoms with Gasteiger partial charge in [0.25, 0.3) is 0 Å². The van der Waals surface area contributed by atoms with Crippen LogP contribution in [0.15, 0.2) is 25.3 Å². The first-order valence-corrected chi connectivity index (χ1v) is 6.92. The lowest BCUT2D eigenvalue weighted by atomic mass is 10.5. The molecule has 0 saturated carbocycles. The molecule has 0 amide bonds. The maximum atomic E-state index is 11.3. The lowest BCUT2D eigenvalue weighted by Gasteiger charge is -2.18. The van der Waals surface area contributed by atoms with Gasteiger partial charge in [0.2, 0.25) is 0 Å². The number of nitrogens with zero attached hydrogens (tertiary/aromatic N) is 1. The highest BCUT2D eigenvalue weighted by Gasteiger charge is 2.34. The van der Waals surface area contributed by atoms with E-state index in [1.807, 2.05) is 0 Å². The molecular formula is C7H14NO5P2+. The van der Waals surface area contributed by atoms with Crippen LogP contribution in [0.1, 0.15) is 0 Å². The van der Waals surface area contributed by atoms with E-state index < -0.39 is 15.9 Å². The quantitative estimate of drug-likeness (QED) is 0.503. The third-order valence-electron chi connectivity index (χ3n) is 1.35. The highest BCUT2D eigenvalue weighted by molar-refractivity contribution is 7.59. The molecule has 0 aromatic carbocycles. The van der Waals surface area contributed by atoms with Crippen molar-refractivity contribution in [3.05, 3.63) is 25.3 Å². The lowest BCUT2D eigenvalue weighted by molar-refractivity contribution is 0.307. The summed E-state index contributed by atoms with van der Waals surface area (Å²) in [6.45, 7) is 7.68. The van der Waals surface area contributed by atoms with Crippen molar-refractivity contribution in [2.24, 2.45) is 0 Å². The van der Waals surface area contributed by atoms with Crippen molar-refractivity contribution in [3.63, 3.8) is 0 Å². The van der Waals surface area contributed by atoms with Crippen LogP contribution >= 0.6 is 15.9 Å². The van der Waals surface area contributed by atoms with Crippen LogP contribution in [0.4, 0.5) is 0 Å². The maximum absolute atomic E-state index is 11.3. The van der Waals surface area contributed by atoms with Crippen LogP contribution in [0.2, 0.25) is 0 Å². The molecule has 0 bridgehead atoms. The molecule has 0 aromatic heterocycles. The van der Waals surface area contributed by atoms with Gasteiger partial charge in [-0.05, 0) is 4.31 Å². The Morgan fingerprint density at radius 3 is 2.20 bits per heavy atom. The zero-order valence-electron chi connectivity index (χ0n) is 8.15. The van der Waals surface area contributed by atoms with Crippen molar-refractivity contribution in [3.8, 4) is 0 Å². The fourth-order valence-corrected chi connectivity index (χ4v) is 2.76. The number of hydrogen-bond donors (Lipinski definition) is 2. The van der Waals surface area contributed by atoms with Gasteiger partial charge in [0.1, 0.15) is 6.29 Å². The summed E-state index contributed by atoms with van der Waals surface area (Å²) in [5.74, 6) is 0. The monoisotopic (exact) mass is 254 g/mol. The van der Waals surface area contributed by atoms with E-state index in [0.717, 1.165) is 0 Å². The highest BCUT2D eigenvalue weighted by Crippen LogP contribution is 2.49. The Morgan fingerprint density at radius 1 is 1.40 bits per heavy atom. The summed E-state index contributed by atoms with van der Waals surface area (Å²) >= 11 is 0. The third kappa shape index (κ3) is 7.56. The van der Waals surface area contributed by atoms with Crippen LogP contribution in [0, 0.1) is 0 Å². The van der Waals surface area contributed by atoms with Gasteiger partial charge in [-0.2, -0.15) is 0 Å². The second-order valence-corrected chi connectivity index (χ2v) is 5.40. The lowest BCUT2D eigenvalue weighted by Crippen LogP contribution is -2.25. The highest BCUT2D eigenvalue weighted by atomic mass is 31.2. The summed E-state index contributed by atoms with van der Waals surface area (Å²) in [5.41, 5.74) is 0. The minimum absolute atomic E-state index is 0.341. The van der Waals surface area contributed by atoms with Gasteiger partial charge >= 0.3 is 15.9 Å². The maximum Gasteiger partial charge on any atom is 0.703 e. The molecule has 0 spiro atoms. The van der Waals surface area contributed by atoms with Crippen LogP contribution in [-0.4, -0.2) is 34.1 Å². The first-order valence-electron chi connectivity index (χ1n) is 4.03. The molecule has 0 saturated heterocycles. The SMILES string of the molecule is C=CCN(CC=C)CP(=O)(O)O[P+](=O)O. The van der Waals surface area contributed by atoms with E-state index in [-0.39, 0.29) is 6.29 Å². The molecule has 0 heterocycles. The standard InChI is InChI=1S/C7H13NO5P2/c1-3-5-8(6-4-2)7-15(11,12)13-14(9)10/h3-4H,1-2,5-7H2,(H-,9,10,11,12)/p+1. The van der Waals surface area contributed by atoms with Crippen molar-refractivity contribution in [1.29, 1.82) is 0 Å². The van der Waals surface area contributed by atoms with Gasteiger partial charge < -0.3 is 4.89 Å². The minimum Gasteiger partial charge on any atom is -0.321 e. The predicted octanol–water partition coefficient (Wildman–Crippen LogP) is 1.47. The van der Waals surface area contributed by atoms with Gasteiger partial charge in [-0.15, -0.1) is 18.1 Å². The molecule has 0 rings (SSSR count). The molecule has 2 atom stereocenters. The Bertz CT molecular complexity index is 283. The number of hydrogen-bond acceptors (Lipinski definition) is 4. The van der Waals surface area contributed by atoms with E-state index >= 15 is 0 Å². The van der Waals surface area contributed by atoms with Crippen LogP contribution < -0.4 is 0 Å². The van der Waals surface area contributed by atoms with E-state index in [0.29, 0.717) is 13.1 Å². The average molecular weight is 254 g/mol. The third-order valence-corrected chi connectivity index (χ3v) is 3.69. The van der Waals surface area contributed by atoms with Gasteiger partial charge in [-0.3, -0.25) is 9.46 Å². The van der Waals surface area contributed by atoms with Crippen LogP contribution in [0.3, 0.4) is 0 Å². The van der Waals surface area contributed by atoms with Crippen LogP contribution in [0.25, 0.3) is 0 Å². The van der Waals surface area contributed by atoms with Gasteiger partial charge in [0.05, 0.1) is 0 Å². The molecule has 0 aliphatic heterocycles. The molecule has 0 aliphatic rings. The summed E-state index contributed by atoms with van der Waals surface area (Å²) in [6, 6.07) is 0. The van der Waals surface area contributed by atoms with E-state index in [1.165, 1.54) is 4.90 Å². The molecule has 0 fully saturated rings. The fourth-order valence-electron chi connectivity index (χ4n) is 0.943. The van der Waals surface area contributed by atoms with Crippen molar-refractivity contribution < 1.29 is 23.2 Å². The van der Waals surface area contributed by atoms with Crippen molar-refractivity contribution >= 4 is 15.9 Å². The van der Waals surface area contributed by atoms with Crippen LogP contribution in [0.5, 0.6) is 0 Å². The molecule has 8 heteroatoms. The van der Waals surface area contributed by atoms with Crippen molar-refractivity contribution in [2.45, 2.75) is 0 Å². The molecule has 86 valence electrons. The minimum atomic E-state index is -4.07. The fraction of sp³-hybridized carbons (Fsp3) is 0.429. The summed E-state index contributed by atoms with van der Waals surface area (Å²) < 4.78 is 25.5. The van der Waals surface area contributed by atoms with Gasteiger partial charge in [0.15, 0.2) is 0 Å². The largest absolute Gasteiger partial charge is 0.703 e. The normalized spacial score (nSPS) is 15.8. The molecule has 2 N–H and O–H groups in total. The zero-order valence-corrected chi connectivity index (χ0v) is 9.94. The van der Waals surface area contributed by atoms with E-state index in [2.05, 4.69) is 17.5 Å². The molecule has 6 nitrogen and oxygen atoms in total. The van der Waals surface area contributed by atoms with Gasteiger partial charge in [-0.25, -0.2) is 0 Å². The Morgan fingerprint density at radius 2 is 1.87 bits per heavy atom. The Hall–Kier alpha value is -0.350. The van der Waals surface area contributed by atoms with Crippen molar-refractivity contribution in [2.75, 3.05) is 19.4 Å². The molecule has 0 aromatic rings. The van der Waals surface area contributed by atoms with E-state index in [9.17, 15) is 14.0 Å². The topological polar surface area (TPSA) is 87.1 Å². The second kappa shape index (κ2) is 7.01. The zero-order chi connectivity index (χ0) is 11.9. The van der Waals surface area contributed by atoms with Crippen molar-refractivity contribution in [1.82, 2.24) is 4.90 Å². The molecular weight excluding hydrogens is 240 g/mol. The average Bonchev–Trinajstić information content (AvgIpc) is 2.01. The Labute approximate surface area is 89.4 Å². The molecule has 15 heavy (non-hydrogen) atoms. The summed E-state index contributed by atoms with van der Waals surface area (Å²) in [4.78, 5) is 19.1. The van der Waals surface area contributed by atoms with Gasteiger partial charge in [0, 0.05) is 17.7 Å². The van der Waals surface area contributed by atoms with Gasteiger partial charge in [-0.1, -0.05) is 12.2 Å². The molecule has 2 unspecified atom stereocenters. The first-order chi connectivity index (χ1) is 6.91. The summed E-state index contributed by atoms with van der Waals surface area (Å²) in [5, 5.41) is 0.